The van der Waals surface area contributed by atoms with E-state index in [9.17, 15) is 0 Å². The first-order valence-electron chi connectivity index (χ1n) is 4.66. The fourth-order valence-corrected chi connectivity index (χ4v) is 1.79. The van der Waals surface area contributed by atoms with Crippen molar-refractivity contribution in [3.63, 3.8) is 0 Å². The molecule has 82 valence electrons. The number of hydrogen-bond donors (Lipinski definition) is 0. The summed E-state index contributed by atoms with van der Waals surface area (Å²) < 4.78 is 5.16. The van der Waals surface area contributed by atoms with Crippen LogP contribution in [-0.4, -0.2) is 12.1 Å². The first kappa shape index (κ1) is 11.2. The van der Waals surface area contributed by atoms with E-state index in [0.717, 1.165) is 11.1 Å². The number of benzene rings is 1. The quantitative estimate of drug-likeness (QED) is 0.754. The van der Waals surface area contributed by atoms with Crippen LogP contribution in [0.3, 0.4) is 0 Å². The Morgan fingerprint density at radius 1 is 1.06 bits per heavy atom. The number of nitrogens with zero attached hydrogens (tertiary/aromatic N) is 1. The van der Waals surface area contributed by atoms with E-state index in [1.165, 1.54) is 0 Å². The van der Waals surface area contributed by atoms with E-state index in [0.29, 0.717) is 15.9 Å². The largest absolute Gasteiger partial charge is 0.495 e. The second kappa shape index (κ2) is 4.73. The SMILES string of the molecule is COc1cc(-c2ccnc(Cl)c2)ccc1Cl. The van der Waals surface area contributed by atoms with E-state index in [1.54, 1.807) is 25.4 Å². The molecule has 2 rings (SSSR count). The third-order valence-electron chi connectivity index (χ3n) is 2.21. The number of pyridine rings is 1. The highest BCUT2D eigenvalue weighted by Gasteiger charge is 2.04. The molecule has 1 aromatic carbocycles. The normalized spacial score (nSPS) is 10.2. The molecule has 0 aliphatic heterocycles. The smallest absolute Gasteiger partial charge is 0.138 e. The number of methoxy groups -OCH3 is 1. The Morgan fingerprint density at radius 3 is 2.50 bits per heavy atom. The summed E-state index contributed by atoms with van der Waals surface area (Å²) in [5.74, 6) is 0.645. The van der Waals surface area contributed by atoms with Gasteiger partial charge in [0, 0.05) is 6.20 Å². The molecule has 0 bridgehead atoms. The average Bonchev–Trinajstić information content (AvgIpc) is 2.29. The molecule has 0 saturated heterocycles. The van der Waals surface area contributed by atoms with Gasteiger partial charge in [0.2, 0.25) is 0 Å². The zero-order valence-electron chi connectivity index (χ0n) is 8.58. The van der Waals surface area contributed by atoms with Crippen LogP contribution in [0.15, 0.2) is 36.5 Å². The topological polar surface area (TPSA) is 22.1 Å². The van der Waals surface area contributed by atoms with Crippen molar-refractivity contribution in [1.82, 2.24) is 4.98 Å². The molecule has 0 aliphatic carbocycles. The Morgan fingerprint density at radius 2 is 1.81 bits per heavy atom. The van der Waals surface area contributed by atoms with Crippen molar-refractivity contribution in [2.24, 2.45) is 0 Å². The molecule has 0 unspecified atom stereocenters. The van der Waals surface area contributed by atoms with Crippen molar-refractivity contribution in [2.75, 3.05) is 7.11 Å². The number of halogens is 2. The molecule has 0 spiro atoms. The first-order chi connectivity index (χ1) is 7.70. The monoisotopic (exact) mass is 253 g/mol. The van der Waals surface area contributed by atoms with Crippen molar-refractivity contribution >= 4 is 23.2 Å². The molecule has 16 heavy (non-hydrogen) atoms. The summed E-state index contributed by atoms with van der Waals surface area (Å²) in [7, 11) is 1.59. The molecule has 1 heterocycles. The van der Waals surface area contributed by atoms with Crippen LogP contribution in [0.25, 0.3) is 11.1 Å². The van der Waals surface area contributed by atoms with Crippen molar-refractivity contribution in [2.45, 2.75) is 0 Å². The Balaban J connectivity index is 2.48. The lowest BCUT2D eigenvalue weighted by Crippen LogP contribution is -1.86. The predicted octanol–water partition coefficient (Wildman–Crippen LogP) is 4.06. The minimum atomic E-state index is 0.464. The molecule has 0 N–H and O–H groups in total. The summed E-state index contributed by atoms with van der Waals surface area (Å²) in [5.41, 5.74) is 1.97. The molecule has 2 aromatic rings. The molecule has 0 fully saturated rings. The van der Waals surface area contributed by atoms with Crippen LogP contribution < -0.4 is 4.74 Å². The van der Waals surface area contributed by atoms with Gasteiger partial charge in [0.25, 0.3) is 0 Å². The molecule has 4 heteroatoms. The zero-order chi connectivity index (χ0) is 11.5. The third kappa shape index (κ3) is 2.29. The molecule has 0 saturated carbocycles. The maximum absolute atomic E-state index is 5.95. The van der Waals surface area contributed by atoms with Gasteiger partial charge in [0.1, 0.15) is 10.9 Å². The number of rotatable bonds is 2. The van der Waals surface area contributed by atoms with Gasteiger partial charge in [0.05, 0.1) is 12.1 Å². The minimum absolute atomic E-state index is 0.464. The van der Waals surface area contributed by atoms with E-state index in [1.807, 2.05) is 18.2 Å². The fraction of sp³-hybridized carbons (Fsp3) is 0.0833. The van der Waals surface area contributed by atoms with Crippen LogP contribution in [0, 0.1) is 0 Å². The minimum Gasteiger partial charge on any atom is -0.495 e. The van der Waals surface area contributed by atoms with Crippen LogP contribution in [0.4, 0.5) is 0 Å². The number of hydrogen-bond acceptors (Lipinski definition) is 2. The van der Waals surface area contributed by atoms with Crippen LogP contribution >= 0.6 is 23.2 Å². The van der Waals surface area contributed by atoms with E-state index in [4.69, 9.17) is 27.9 Å². The molecule has 0 atom stereocenters. The zero-order valence-corrected chi connectivity index (χ0v) is 10.1. The summed E-state index contributed by atoms with van der Waals surface area (Å²) in [6.45, 7) is 0. The molecule has 0 radical (unpaired) electrons. The Labute approximate surface area is 104 Å². The van der Waals surface area contributed by atoms with E-state index >= 15 is 0 Å². The average molecular weight is 254 g/mol. The summed E-state index contributed by atoms with van der Waals surface area (Å²) in [6.07, 6.45) is 1.67. The maximum Gasteiger partial charge on any atom is 0.138 e. The highest BCUT2D eigenvalue weighted by Crippen LogP contribution is 2.30. The molecular weight excluding hydrogens is 245 g/mol. The van der Waals surface area contributed by atoms with Crippen LogP contribution in [0.2, 0.25) is 10.2 Å². The highest BCUT2D eigenvalue weighted by molar-refractivity contribution is 6.32. The Hall–Kier alpha value is -1.25. The summed E-state index contributed by atoms with van der Waals surface area (Å²) in [5, 5.41) is 1.05. The standard InChI is InChI=1S/C12H9Cl2NO/c1-16-11-6-8(2-3-10(11)13)9-4-5-15-12(14)7-9/h2-7H,1H3. The van der Waals surface area contributed by atoms with Gasteiger partial charge in [-0.05, 0) is 35.4 Å². The van der Waals surface area contributed by atoms with Gasteiger partial charge in [-0.1, -0.05) is 29.3 Å². The molecule has 0 aliphatic rings. The fourth-order valence-electron chi connectivity index (χ4n) is 1.42. The van der Waals surface area contributed by atoms with Gasteiger partial charge in [-0.2, -0.15) is 0 Å². The van der Waals surface area contributed by atoms with Crippen molar-refractivity contribution in [3.8, 4) is 16.9 Å². The molecule has 2 nitrogen and oxygen atoms in total. The van der Waals surface area contributed by atoms with Crippen molar-refractivity contribution < 1.29 is 4.74 Å². The Kier molecular flexibility index (Phi) is 3.32. The van der Waals surface area contributed by atoms with Crippen molar-refractivity contribution in [3.05, 3.63) is 46.7 Å². The van der Waals surface area contributed by atoms with E-state index in [2.05, 4.69) is 4.98 Å². The lowest BCUT2D eigenvalue weighted by atomic mass is 10.1. The Bertz CT molecular complexity index is 514. The molecule has 1 aromatic heterocycles. The molecular formula is C12H9Cl2NO. The van der Waals surface area contributed by atoms with Gasteiger partial charge in [-0.25, -0.2) is 4.98 Å². The number of ether oxygens (including phenoxy) is 1. The van der Waals surface area contributed by atoms with Gasteiger partial charge in [-0.15, -0.1) is 0 Å². The van der Waals surface area contributed by atoms with E-state index < -0.39 is 0 Å². The van der Waals surface area contributed by atoms with E-state index in [-0.39, 0.29) is 0 Å². The number of aromatic nitrogens is 1. The van der Waals surface area contributed by atoms with Crippen LogP contribution in [0.5, 0.6) is 5.75 Å². The predicted molar refractivity (Wildman–Crippen MR) is 66.2 cm³/mol. The first-order valence-corrected chi connectivity index (χ1v) is 5.42. The van der Waals surface area contributed by atoms with Gasteiger partial charge < -0.3 is 4.74 Å². The van der Waals surface area contributed by atoms with Gasteiger partial charge in [-0.3, -0.25) is 0 Å². The summed E-state index contributed by atoms with van der Waals surface area (Å²) >= 11 is 11.8. The second-order valence-electron chi connectivity index (χ2n) is 3.22. The van der Waals surface area contributed by atoms with Crippen LogP contribution in [-0.2, 0) is 0 Å². The third-order valence-corrected chi connectivity index (χ3v) is 2.73. The van der Waals surface area contributed by atoms with Gasteiger partial charge in [0.15, 0.2) is 0 Å². The highest BCUT2D eigenvalue weighted by atomic mass is 35.5. The van der Waals surface area contributed by atoms with Crippen molar-refractivity contribution in [1.29, 1.82) is 0 Å². The summed E-state index contributed by atoms with van der Waals surface area (Å²) in [4.78, 5) is 3.93. The van der Waals surface area contributed by atoms with Crippen LogP contribution in [0.1, 0.15) is 0 Å². The lowest BCUT2D eigenvalue weighted by Gasteiger charge is -2.06. The molecule has 0 amide bonds. The second-order valence-corrected chi connectivity index (χ2v) is 4.01. The maximum atomic E-state index is 5.95. The lowest BCUT2D eigenvalue weighted by molar-refractivity contribution is 0.415. The summed E-state index contributed by atoms with van der Waals surface area (Å²) in [6, 6.07) is 9.26. The van der Waals surface area contributed by atoms with Gasteiger partial charge >= 0.3 is 0 Å².